The van der Waals surface area contributed by atoms with Crippen molar-refractivity contribution in [2.45, 2.75) is 19.3 Å². The number of ether oxygens (including phenoxy) is 1. The fraction of sp³-hybridized carbons (Fsp3) is 0.294. The second-order valence-corrected chi connectivity index (χ2v) is 5.34. The predicted octanol–water partition coefficient (Wildman–Crippen LogP) is 3.73. The summed E-state index contributed by atoms with van der Waals surface area (Å²) in [6.45, 7) is 3.03. The summed E-state index contributed by atoms with van der Waals surface area (Å²) in [5, 5.41) is 10.1. The van der Waals surface area contributed by atoms with Crippen molar-refractivity contribution in [1.82, 2.24) is 0 Å². The van der Waals surface area contributed by atoms with Crippen LogP contribution in [0.25, 0.3) is 0 Å². The minimum Gasteiger partial charge on any atom is -0.508 e. The maximum atomic E-state index is 9.54. The molecule has 1 unspecified atom stereocenters. The first-order valence-electron chi connectivity index (χ1n) is 7.04. The molecule has 0 aliphatic carbocycles. The van der Waals surface area contributed by atoms with E-state index in [0.29, 0.717) is 23.9 Å². The number of benzene rings is 2. The summed E-state index contributed by atoms with van der Waals surface area (Å²) in [5.74, 6) is 1.11. The maximum absolute atomic E-state index is 9.54. The van der Waals surface area contributed by atoms with Gasteiger partial charge in [0.05, 0.1) is 11.6 Å². The van der Waals surface area contributed by atoms with Crippen LogP contribution in [0.4, 0.5) is 0 Å². The molecule has 2 aromatic rings. The second kappa shape index (κ2) is 7.34. The summed E-state index contributed by atoms with van der Waals surface area (Å²) >= 11 is 6.23. The molecule has 0 saturated carbocycles. The van der Waals surface area contributed by atoms with E-state index in [4.69, 9.17) is 22.1 Å². The third-order valence-electron chi connectivity index (χ3n) is 3.40. The molecule has 1 atom stereocenters. The lowest BCUT2D eigenvalue weighted by atomic mass is 9.92. The Morgan fingerprint density at radius 1 is 1.24 bits per heavy atom. The van der Waals surface area contributed by atoms with Crippen molar-refractivity contribution in [1.29, 1.82) is 0 Å². The summed E-state index contributed by atoms with van der Waals surface area (Å²) in [7, 11) is 0. The Kier molecular flexibility index (Phi) is 5.48. The molecule has 0 heterocycles. The van der Waals surface area contributed by atoms with Crippen molar-refractivity contribution < 1.29 is 9.84 Å². The minimum atomic E-state index is 0.153. The van der Waals surface area contributed by atoms with Crippen molar-refractivity contribution in [3.63, 3.8) is 0 Å². The first-order chi connectivity index (χ1) is 10.1. The molecule has 0 aliphatic heterocycles. The van der Waals surface area contributed by atoms with Crippen LogP contribution in [0.5, 0.6) is 11.5 Å². The van der Waals surface area contributed by atoms with E-state index in [-0.39, 0.29) is 11.7 Å². The molecule has 0 saturated heterocycles. The summed E-state index contributed by atoms with van der Waals surface area (Å²) in [4.78, 5) is 0. The Bertz CT molecular complexity index is 601. The topological polar surface area (TPSA) is 55.5 Å². The highest BCUT2D eigenvalue weighted by molar-refractivity contribution is 6.32. The van der Waals surface area contributed by atoms with Gasteiger partial charge < -0.3 is 15.6 Å². The fourth-order valence-corrected chi connectivity index (χ4v) is 2.59. The first kappa shape index (κ1) is 15.7. The minimum absolute atomic E-state index is 0.153. The number of hydrogen-bond acceptors (Lipinski definition) is 3. The molecule has 0 aromatic heterocycles. The zero-order chi connectivity index (χ0) is 15.2. The fourth-order valence-electron chi connectivity index (χ4n) is 2.35. The molecule has 0 aliphatic rings. The zero-order valence-corrected chi connectivity index (χ0v) is 12.8. The lowest BCUT2D eigenvalue weighted by Crippen LogP contribution is -2.15. The van der Waals surface area contributed by atoms with Gasteiger partial charge in [-0.05, 0) is 55.3 Å². The summed E-state index contributed by atoms with van der Waals surface area (Å²) in [5.41, 5.74) is 8.03. The van der Waals surface area contributed by atoms with Gasteiger partial charge in [0, 0.05) is 5.92 Å². The van der Waals surface area contributed by atoms with E-state index in [9.17, 15) is 5.11 Å². The van der Waals surface area contributed by atoms with Gasteiger partial charge in [-0.2, -0.15) is 0 Å². The zero-order valence-electron chi connectivity index (χ0n) is 12.1. The molecule has 112 valence electrons. The van der Waals surface area contributed by atoms with Crippen LogP contribution in [0.15, 0.2) is 42.5 Å². The van der Waals surface area contributed by atoms with Gasteiger partial charge in [-0.25, -0.2) is 0 Å². The molecule has 3 nitrogen and oxygen atoms in total. The molecule has 2 rings (SSSR count). The van der Waals surface area contributed by atoms with Gasteiger partial charge in [0.2, 0.25) is 0 Å². The molecule has 3 N–H and O–H groups in total. The SMILES string of the molecule is CCOc1ccc(C(CN)Cc2cccc(O)c2)cc1Cl. The number of halogens is 1. The van der Waals surface area contributed by atoms with Gasteiger partial charge in [0.25, 0.3) is 0 Å². The molecule has 2 aromatic carbocycles. The van der Waals surface area contributed by atoms with Crippen LogP contribution < -0.4 is 10.5 Å². The second-order valence-electron chi connectivity index (χ2n) is 4.93. The van der Waals surface area contributed by atoms with Gasteiger partial charge >= 0.3 is 0 Å². The largest absolute Gasteiger partial charge is 0.508 e. The number of aromatic hydroxyl groups is 1. The summed E-state index contributed by atoms with van der Waals surface area (Å²) < 4.78 is 5.44. The Balaban J connectivity index is 2.19. The highest BCUT2D eigenvalue weighted by atomic mass is 35.5. The van der Waals surface area contributed by atoms with Crippen molar-refractivity contribution in [2.24, 2.45) is 5.73 Å². The molecule has 21 heavy (non-hydrogen) atoms. The summed E-state index contributed by atoms with van der Waals surface area (Å²) in [6.07, 6.45) is 0.759. The molecule has 4 heteroatoms. The standard InChI is InChI=1S/C17H20ClNO2/c1-2-21-17-7-6-13(10-16(17)18)14(11-19)8-12-4-3-5-15(20)9-12/h3-7,9-10,14,20H,2,8,11,19H2,1H3. The van der Waals surface area contributed by atoms with E-state index in [1.807, 2.05) is 37.3 Å². The van der Waals surface area contributed by atoms with E-state index < -0.39 is 0 Å². The average molecular weight is 306 g/mol. The van der Waals surface area contributed by atoms with Crippen molar-refractivity contribution >= 4 is 11.6 Å². The molecule has 0 radical (unpaired) electrons. The Morgan fingerprint density at radius 3 is 2.67 bits per heavy atom. The Morgan fingerprint density at radius 2 is 2.05 bits per heavy atom. The Labute approximate surface area is 130 Å². The highest BCUT2D eigenvalue weighted by Crippen LogP contribution is 2.30. The van der Waals surface area contributed by atoms with Crippen LogP contribution in [0.1, 0.15) is 24.0 Å². The molecule has 0 spiro atoms. The van der Waals surface area contributed by atoms with Crippen LogP contribution in [0.3, 0.4) is 0 Å². The molecule has 0 amide bonds. The molecule has 0 fully saturated rings. The number of rotatable bonds is 6. The van der Waals surface area contributed by atoms with Crippen LogP contribution in [-0.2, 0) is 6.42 Å². The van der Waals surface area contributed by atoms with Gasteiger partial charge in [-0.15, -0.1) is 0 Å². The van der Waals surface area contributed by atoms with Gasteiger partial charge in [0.15, 0.2) is 0 Å². The molecule has 0 bridgehead atoms. The maximum Gasteiger partial charge on any atom is 0.137 e. The lowest BCUT2D eigenvalue weighted by Gasteiger charge is -2.17. The van der Waals surface area contributed by atoms with E-state index in [1.165, 1.54) is 0 Å². The van der Waals surface area contributed by atoms with Crippen LogP contribution in [-0.4, -0.2) is 18.3 Å². The molecular weight excluding hydrogens is 286 g/mol. The van der Waals surface area contributed by atoms with Gasteiger partial charge in [-0.1, -0.05) is 29.8 Å². The van der Waals surface area contributed by atoms with Crippen LogP contribution in [0.2, 0.25) is 5.02 Å². The number of phenolic OH excluding ortho intramolecular Hbond substituents is 1. The highest BCUT2D eigenvalue weighted by Gasteiger charge is 2.13. The monoisotopic (exact) mass is 305 g/mol. The third-order valence-corrected chi connectivity index (χ3v) is 3.70. The van der Waals surface area contributed by atoms with E-state index in [2.05, 4.69) is 0 Å². The average Bonchev–Trinajstić information content (AvgIpc) is 2.47. The van der Waals surface area contributed by atoms with Crippen molar-refractivity contribution in [2.75, 3.05) is 13.2 Å². The molecular formula is C17H20ClNO2. The normalized spacial score (nSPS) is 12.1. The van der Waals surface area contributed by atoms with Gasteiger partial charge in [0.1, 0.15) is 11.5 Å². The quantitative estimate of drug-likeness (QED) is 0.855. The summed E-state index contributed by atoms with van der Waals surface area (Å²) in [6, 6.07) is 13.0. The number of hydrogen-bond donors (Lipinski definition) is 2. The van der Waals surface area contributed by atoms with Crippen LogP contribution in [0, 0.1) is 0 Å². The van der Waals surface area contributed by atoms with E-state index >= 15 is 0 Å². The van der Waals surface area contributed by atoms with E-state index in [0.717, 1.165) is 17.5 Å². The lowest BCUT2D eigenvalue weighted by molar-refractivity contribution is 0.340. The third kappa shape index (κ3) is 4.13. The number of nitrogens with two attached hydrogens (primary N) is 1. The van der Waals surface area contributed by atoms with Crippen molar-refractivity contribution in [3.05, 3.63) is 58.6 Å². The van der Waals surface area contributed by atoms with E-state index in [1.54, 1.807) is 12.1 Å². The van der Waals surface area contributed by atoms with Crippen molar-refractivity contribution in [3.8, 4) is 11.5 Å². The van der Waals surface area contributed by atoms with Crippen LogP contribution >= 0.6 is 11.6 Å². The smallest absolute Gasteiger partial charge is 0.137 e. The predicted molar refractivity (Wildman–Crippen MR) is 86.2 cm³/mol. The number of phenols is 1. The Hall–Kier alpha value is -1.71. The van der Waals surface area contributed by atoms with Gasteiger partial charge in [-0.3, -0.25) is 0 Å². The first-order valence-corrected chi connectivity index (χ1v) is 7.42.